The molecular formula is C45H47IrN2O2S-. The first-order chi connectivity index (χ1) is 24.2. The molecule has 0 fully saturated rings. The molecule has 265 valence electrons. The maximum Gasteiger partial charge on any atom is 0.164 e. The summed E-state index contributed by atoms with van der Waals surface area (Å²) in [4.78, 5) is 22.8. The van der Waals surface area contributed by atoms with Gasteiger partial charge in [0.25, 0.3) is 0 Å². The summed E-state index contributed by atoms with van der Waals surface area (Å²) in [6, 6.07) is 29.4. The number of rotatable bonds is 9. The van der Waals surface area contributed by atoms with Crippen LogP contribution < -0.4 is 0 Å². The summed E-state index contributed by atoms with van der Waals surface area (Å²) in [7, 11) is 0. The van der Waals surface area contributed by atoms with E-state index in [9.17, 15) is 9.90 Å². The van der Waals surface area contributed by atoms with Crippen LogP contribution in [0.5, 0.6) is 0 Å². The first-order valence-electron chi connectivity index (χ1n) is 18.0. The number of thiophene rings is 1. The third-order valence-electron chi connectivity index (χ3n) is 11.2. The van der Waals surface area contributed by atoms with E-state index in [1.807, 2.05) is 71.5 Å². The predicted octanol–water partition coefficient (Wildman–Crippen LogP) is 12.4. The van der Waals surface area contributed by atoms with Gasteiger partial charge in [0.2, 0.25) is 0 Å². The molecule has 6 heteroatoms. The molecule has 0 unspecified atom stereocenters. The van der Waals surface area contributed by atoms with Gasteiger partial charge in [-0.2, -0.15) is 0 Å². The molecule has 1 aliphatic rings. The standard InChI is InChI=1S/C30H19N2S.C15H28O2.Ir/c1-2-6-19(7-3-1)27-17-22(16-20-8-4-5-9-23(20)27)28-30-26(13-15-32-28)25-11-10-21-18-31-14-12-24(21)29(25)33-30;1-7-14(5,8-2)12(16)11-13(17)15(6,9-3)10-4;/h1-9,12-15,17-18H,10-11H2;11,16H,7-10H2,1-6H3;/q-1;;/b;12-11-;. The fourth-order valence-electron chi connectivity index (χ4n) is 6.74. The van der Waals surface area contributed by atoms with Gasteiger partial charge >= 0.3 is 0 Å². The van der Waals surface area contributed by atoms with Crippen LogP contribution in [0.4, 0.5) is 0 Å². The monoisotopic (exact) mass is 872 g/mol. The van der Waals surface area contributed by atoms with Crippen molar-refractivity contribution >= 4 is 38.0 Å². The summed E-state index contributed by atoms with van der Waals surface area (Å²) >= 11 is 1.86. The zero-order valence-electron chi connectivity index (χ0n) is 30.5. The van der Waals surface area contributed by atoms with Gasteiger partial charge in [-0.15, -0.1) is 34.9 Å². The molecule has 3 aromatic heterocycles. The summed E-state index contributed by atoms with van der Waals surface area (Å²) < 4.78 is 1.25. The van der Waals surface area contributed by atoms with Gasteiger partial charge < -0.3 is 5.11 Å². The number of carbonyl (C=O) groups is 1. The Morgan fingerprint density at radius 2 is 1.53 bits per heavy atom. The van der Waals surface area contributed by atoms with Crippen molar-refractivity contribution in [1.82, 2.24) is 9.97 Å². The molecule has 3 heterocycles. The zero-order chi connectivity index (χ0) is 35.5. The van der Waals surface area contributed by atoms with Gasteiger partial charge in [0.15, 0.2) is 5.78 Å². The van der Waals surface area contributed by atoms with Crippen LogP contribution in [0.15, 0.2) is 103 Å². The first-order valence-corrected chi connectivity index (χ1v) is 18.8. The Labute approximate surface area is 320 Å². The predicted molar refractivity (Wildman–Crippen MR) is 211 cm³/mol. The second kappa shape index (κ2) is 16.2. The van der Waals surface area contributed by atoms with E-state index in [1.54, 1.807) is 0 Å². The molecule has 0 saturated carbocycles. The van der Waals surface area contributed by atoms with E-state index in [0.717, 1.165) is 55.2 Å². The summed E-state index contributed by atoms with van der Waals surface area (Å²) in [5.74, 6) is 0.286. The van der Waals surface area contributed by atoms with E-state index < -0.39 is 0 Å². The number of fused-ring (bicyclic) bond motifs is 6. The van der Waals surface area contributed by atoms with Crippen LogP contribution in [-0.4, -0.2) is 20.9 Å². The average molecular weight is 872 g/mol. The Morgan fingerprint density at radius 3 is 2.24 bits per heavy atom. The van der Waals surface area contributed by atoms with Crippen molar-refractivity contribution in [2.24, 2.45) is 10.8 Å². The summed E-state index contributed by atoms with van der Waals surface area (Å²) in [6.45, 7) is 12.1. The van der Waals surface area contributed by atoms with E-state index in [4.69, 9.17) is 4.98 Å². The summed E-state index contributed by atoms with van der Waals surface area (Å²) in [6.07, 6.45) is 12.7. The smallest absolute Gasteiger partial charge is 0.164 e. The quantitative estimate of drug-likeness (QED) is 0.0893. The number of ketones is 1. The number of nitrogens with zero attached hydrogens (tertiary/aromatic N) is 2. The minimum absolute atomic E-state index is 0. The summed E-state index contributed by atoms with van der Waals surface area (Å²) in [5.41, 5.74) is 8.01. The van der Waals surface area contributed by atoms with Gasteiger partial charge in [0, 0.05) is 70.9 Å². The third-order valence-corrected chi connectivity index (χ3v) is 12.5. The number of aliphatic hydroxyl groups is 1. The van der Waals surface area contributed by atoms with Gasteiger partial charge in [-0.25, -0.2) is 0 Å². The van der Waals surface area contributed by atoms with Crippen LogP contribution in [0.25, 0.3) is 53.7 Å². The number of hydrogen-bond donors (Lipinski definition) is 1. The van der Waals surface area contributed by atoms with Crippen molar-refractivity contribution in [2.75, 3.05) is 0 Å². The van der Waals surface area contributed by atoms with Crippen molar-refractivity contribution in [3.05, 3.63) is 120 Å². The number of aryl methyl sites for hydroxylation is 2. The van der Waals surface area contributed by atoms with Crippen molar-refractivity contribution in [1.29, 1.82) is 0 Å². The molecule has 0 aliphatic heterocycles. The average Bonchev–Trinajstić information content (AvgIpc) is 3.57. The van der Waals surface area contributed by atoms with Crippen LogP contribution in [-0.2, 0) is 37.7 Å². The van der Waals surface area contributed by atoms with E-state index in [-0.39, 0.29) is 42.5 Å². The van der Waals surface area contributed by atoms with Gasteiger partial charge in [0.1, 0.15) is 5.76 Å². The Hall–Kier alpha value is -3.96. The molecule has 1 aliphatic carbocycles. The van der Waals surface area contributed by atoms with E-state index in [1.165, 1.54) is 54.2 Å². The van der Waals surface area contributed by atoms with Crippen LogP contribution in [0.3, 0.4) is 0 Å². The Balaban J connectivity index is 0.000000242. The van der Waals surface area contributed by atoms with Gasteiger partial charge in [-0.05, 0) is 78.3 Å². The van der Waals surface area contributed by atoms with E-state index in [0.29, 0.717) is 0 Å². The fourth-order valence-corrected chi connectivity index (χ4v) is 8.15. The number of hydrogen-bond acceptors (Lipinski definition) is 5. The van der Waals surface area contributed by atoms with Gasteiger partial charge in [-0.1, -0.05) is 107 Å². The number of pyridine rings is 2. The second-order valence-corrected chi connectivity index (χ2v) is 14.9. The SMILES string of the molecule is CCC(C)(CC)C(=O)/C=C(\O)C(C)(CC)CC.[Ir].[c-]1c(-c2nccc3c4c(sc23)-c2ccncc2CC4)cc(-c2ccccc2)c2ccccc12. The van der Waals surface area contributed by atoms with Gasteiger partial charge in [0.05, 0.1) is 0 Å². The molecule has 1 N–H and O–H groups in total. The van der Waals surface area contributed by atoms with Crippen LogP contribution in [0.1, 0.15) is 78.4 Å². The number of allylic oxidation sites excluding steroid dienone is 2. The number of benzene rings is 3. The minimum Gasteiger partial charge on any atom is -0.512 e. The molecular weight excluding hydrogens is 825 g/mol. The molecule has 1 radical (unpaired) electrons. The minimum atomic E-state index is -0.337. The fraction of sp³-hybridized carbons (Fsp3) is 0.311. The molecule has 0 atom stereocenters. The topological polar surface area (TPSA) is 63.1 Å². The van der Waals surface area contributed by atoms with E-state index in [2.05, 4.69) is 83.8 Å². The Bertz CT molecular complexity index is 2180. The summed E-state index contributed by atoms with van der Waals surface area (Å²) in [5, 5.41) is 13.8. The largest absolute Gasteiger partial charge is 0.512 e. The molecule has 7 rings (SSSR count). The second-order valence-electron chi connectivity index (χ2n) is 13.9. The van der Waals surface area contributed by atoms with Crippen molar-refractivity contribution < 1.29 is 30.0 Å². The molecule has 6 aromatic rings. The third kappa shape index (κ3) is 7.51. The maximum absolute atomic E-state index is 12.2. The normalized spacial score (nSPS) is 12.8. The molecule has 0 amide bonds. The Morgan fingerprint density at radius 1 is 0.843 bits per heavy atom. The first kappa shape index (κ1) is 38.3. The molecule has 3 aromatic carbocycles. The number of carbonyl (C=O) groups excluding carboxylic acids is 1. The van der Waals surface area contributed by atoms with Crippen LogP contribution >= 0.6 is 11.3 Å². The molecule has 0 spiro atoms. The molecule has 0 bridgehead atoms. The zero-order valence-corrected chi connectivity index (χ0v) is 33.7. The van der Waals surface area contributed by atoms with Crippen molar-refractivity contribution in [3.63, 3.8) is 0 Å². The number of aliphatic hydroxyl groups excluding tert-OH is 1. The maximum atomic E-state index is 12.2. The molecule has 4 nitrogen and oxygen atoms in total. The van der Waals surface area contributed by atoms with Gasteiger partial charge in [-0.3, -0.25) is 14.8 Å². The Kier molecular flexibility index (Phi) is 12.1. The van der Waals surface area contributed by atoms with Crippen LogP contribution in [0, 0.1) is 16.9 Å². The number of aromatic nitrogens is 2. The van der Waals surface area contributed by atoms with Crippen LogP contribution in [0.2, 0.25) is 0 Å². The van der Waals surface area contributed by atoms with Crippen molar-refractivity contribution in [3.8, 4) is 32.8 Å². The molecule has 0 saturated heterocycles. The molecule has 51 heavy (non-hydrogen) atoms. The van der Waals surface area contributed by atoms with Crippen molar-refractivity contribution in [2.45, 2.75) is 80.1 Å². The van der Waals surface area contributed by atoms with E-state index >= 15 is 0 Å².